The number of likely N-dealkylation sites (tertiary alicyclic amines) is 1. The monoisotopic (exact) mass is 671 g/mol. The van der Waals surface area contributed by atoms with Gasteiger partial charge in [-0.2, -0.15) is 0 Å². The highest BCUT2D eigenvalue weighted by molar-refractivity contribution is 6.07. The van der Waals surface area contributed by atoms with Gasteiger partial charge in [-0.05, 0) is 87.4 Å². The van der Waals surface area contributed by atoms with Gasteiger partial charge in [0.2, 0.25) is 11.8 Å². The van der Waals surface area contributed by atoms with Crippen LogP contribution in [0.5, 0.6) is 5.75 Å². The van der Waals surface area contributed by atoms with Gasteiger partial charge in [0.05, 0.1) is 36.7 Å². The Hall–Kier alpha value is -3.95. The van der Waals surface area contributed by atoms with E-state index in [0.717, 1.165) is 16.8 Å². The molecule has 9 heteroatoms. The zero-order valence-electron chi connectivity index (χ0n) is 30.0. The fourth-order valence-electron chi connectivity index (χ4n) is 8.58. The molecule has 49 heavy (non-hydrogen) atoms. The lowest BCUT2D eigenvalue weighted by atomic mass is 9.64. The topological polar surface area (TPSA) is 99.6 Å². The van der Waals surface area contributed by atoms with E-state index in [2.05, 4.69) is 13.2 Å². The van der Waals surface area contributed by atoms with Crippen molar-refractivity contribution in [3.8, 4) is 5.75 Å². The molecule has 1 N–H and O–H groups in total. The first kappa shape index (κ1) is 36.3. The standard InChI is InChI=1S/C40H53N3O6/c1-9-22-41(29-16-18-30(19-17-29)48-13-5)36(45)33-34-37(46)43(32(25-44)27(7)11-3)35(40(34)21-20-39(33,12-4)49-40)38(47)42(23-10-2)31-24-26(6)14-15-28(31)8/h9-10,14-19,24,27,32-35,44H,1-2,11-13,20-23,25H2,3-8H3/t27-,32-,33-,34-,35?,39+,40?/m0/s1. The van der Waals surface area contributed by atoms with Crippen molar-refractivity contribution in [2.75, 3.05) is 36.1 Å². The number of aliphatic hydroxyl groups excluding tert-OH is 1. The molecule has 264 valence electrons. The number of amides is 3. The van der Waals surface area contributed by atoms with Crippen molar-refractivity contribution in [2.45, 2.75) is 90.5 Å². The van der Waals surface area contributed by atoms with Crippen LogP contribution in [0.1, 0.15) is 64.5 Å². The van der Waals surface area contributed by atoms with Crippen LogP contribution in [0.15, 0.2) is 67.8 Å². The zero-order chi connectivity index (χ0) is 35.7. The molecule has 0 saturated carbocycles. The number of carbonyl (C=O) groups excluding carboxylic acids is 3. The van der Waals surface area contributed by atoms with Crippen molar-refractivity contribution < 1.29 is 29.0 Å². The second-order valence-electron chi connectivity index (χ2n) is 13.9. The van der Waals surface area contributed by atoms with Crippen molar-refractivity contribution in [1.82, 2.24) is 4.90 Å². The molecule has 3 aliphatic rings. The molecule has 0 radical (unpaired) electrons. The van der Waals surface area contributed by atoms with Crippen LogP contribution in [0.2, 0.25) is 0 Å². The number of aliphatic hydroxyl groups is 1. The van der Waals surface area contributed by atoms with Crippen LogP contribution in [0.3, 0.4) is 0 Å². The Morgan fingerprint density at radius 3 is 2.31 bits per heavy atom. The molecule has 3 fully saturated rings. The average Bonchev–Trinajstić information content (AvgIpc) is 3.71. The van der Waals surface area contributed by atoms with Gasteiger partial charge >= 0.3 is 0 Å². The SMILES string of the molecule is C=CCN(C(=O)[C@@H]1[C@H]2C(=O)N([C@@H](CO)[C@@H](C)CC)C(C(=O)N(CC=C)c3cc(C)ccc3C)C23CC[C@@]1(CC)O3)c1ccc(OCC)cc1. The van der Waals surface area contributed by atoms with Gasteiger partial charge in [0.15, 0.2) is 0 Å². The molecule has 2 aromatic carbocycles. The molecule has 2 unspecified atom stereocenters. The van der Waals surface area contributed by atoms with Gasteiger partial charge in [-0.15, -0.1) is 13.2 Å². The van der Waals surface area contributed by atoms with Crippen LogP contribution in [0.25, 0.3) is 0 Å². The maximum atomic E-state index is 15.2. The van der Waals surface area contributed by atoms with E-state index in [1.165, 1.54) is 0 Å². The second kappa shape index (κ2) is 14.5. The third-order valence-electron chi connectivity index (χ3n) is 11.2. The van der Waals surface area contributed by atoms with Crippen molar-refractivity contribution in [1.29, 1.82) is 0 Å². The number of carbonyl (C=O) groups is 3. The maximum absolute atomic E-state index is 15.2. The second-order valence-corrected chi connectivity index (χ2v) is 13.9. The van der Waals surface area contributed by atoms with Crippen molar-refractivity contribution in [3.63, 3.8) is 0 Å². The molecular formula is C40H53N3O6. The molecule has 2 aromatic rings. The van der Waals surface area contributed by atoms with E-state index in [4.69, 9.17) is 9.47 Å². The molecule has 1 spiro atoms. The number of anilines is 2. The molecule has 3 amide bonds. The number of ether oxygens (including phenoxy) is 2. The summed E-state index contributed by atoms with van der Waals surface area (Å²) >= 11 is 0. The van der Waals surface area contributed by atoms with Gasteiger partial charge < -0.3 is 29.3 Å². The lowest BCUT2D eigenvalue weighted by Crippen LogP contribution is -2.60. The lowest BCUT2D eigenvalue weighted by molar-refractivity contribution is -0.150. The molecule has 0 aromatic heterocycles. The Balaban J connectivity index is 1.66. The molecule has 7 atom stereocenters. The van der Waals surface area contributed by atoms with Crippen LogP contribution >= 0.6 is 0 Å². The predicted octanol–water partition coefficient (Wildman–Crippen LogP) is 6.00. The third-order valence-corrected chi connectivity index (χ3v) is 11.2. The highest BCUT2D eigenvalue weighted by atomic mass is 16.5. The number of hydrogen-bond donors (Lipinski definition) is 1. The Labute approximate surface area is 291 Å². The first-order chi connectivity index (χ1) is 23.5. The van der Waals surface area contributed by atoms with Crippen LogP contribution in [-0.2, 0) is 19.1 Å². The fourth-order valence-corrected chi connectivity index (χ4v) is 8.58. The summed E-state index contributed by atoms with van der Waals surface area (Å²) in [7, 11) is 0. The number of hydrogen-bond acceptors (Lipinski definition) is 6. The van der Waals surface area contributed by atoms with Gasteiger partial charge in [0.25, 0.3) is 5.91 Å². The van der Waals surface area contributed by atoms with Gasteiger partial charge in [-0.3, -0.25) is 14.4 Å². The minimum Gasteiger partial charge on any atom is -0.494 e. The summed E-state index contributed by atoms with van der Waals surface area (Å²) in [5.41, 5.74) is 1.12. The van der Waals surface area contributed by atoms with Crippen molar-refractivity contribution in [2.24, 2.45) is 17.8 Å². The first-order valence-electron chi connectivity index (χ1n) is 17.8. The smallest absolute Gasteiger partial charge is 0.253 e. The number of fused-ring (bicyclic) bond motifs is 1. The number of nitrogens with zero attached hydrogens (tertiary/aromatic N) is 3. The number of rotatable bonds is 15. The Morgan fingerprint density at radius 1 is 1.04 bits per heavy atom. The number of aryl methyl sites for hydroxylation is 2. The minimum absolute atomic E-state index is 0.111. The average molecular weight is 672 g/mol. The molecule has 3 heterocycles. The molecule has 0 aliphatic carbocycles. The summed E-state index contributed by atoms with van der Waals surface area (Å²) in [4.78, 5) is 50.2. The van der Waals surface area contributed by atoms with Gasteiger partial charge in [-0.1, -0.05) is 51.5 Å². The van der Waals surface area contributed by atoms with Crippen LogP contribution < -0.4 is 14.5 Å². The largest absolute Gasteiger partial charge is 0.494 e. The van der Waals surface area contributed by atoms with Gasteiger partial charge in [0, 0.05) is 24.5 Å². The molecule has 5 rings (SSSR count). The van der Waals surface area contributed by atoms with Gasteiger partial charge in [0.1, 0.15) is 17.4 Å². The molecule has 3 saturated heterocycles. The summed E-state index contributed by atoms with van der Waals surface area (Å²) in [5, 5.41) is 10.8. The van der Waals surface area contributed by atoms with E-state index in [9.17, 15) is 9.90 Å². The van der Waals surface area contributed by atoms with E-state index in [1.807, 2.05) is 84.0 Å². The zero-order valence-corrected chi connectivity index (χ0v) is 30.0. The van der Waals surface area contributed by atoms with Crippen molar-refractivity contribution in [3.05, 3.63) is 78.9 Å². The van der Waals surface area contributed by atoms with E-state index >= 15 is 9.59 Å². The van der Waals surface area contributed by atoms with Gasteiger partial charge in [-0.25, -0.2) is 0 Å². The summed E-state index contributed by atoms with van der Waals surface area (Å²) in [6.07, 6.45) is 5.53. The highest BCUT2D eigenvalue weighted by Crippen LogP contribution is 2.65. The van der Waals surface area contributed by atoms with E-state index in [0.29, 0.717) is 43.7 Å². The summed E-state index contributed by atoms with van der Waals surface area (Å²) in [5.74, 6) is -1.99. The van der Waals surface area contributed by atoms with E-state index in [-0.39, 0.29) is 43.3 Å². The quantitative estimate of drug-likeness (QED) is 0.233. The first-order valence-corrected chi connectivity index (χ1v) is 17.8. The third kappa shape index (κ3) is 5.99. The van der Waals surface area contributed by atoms with E-state index in [1.54, 1.807) is 26.9 Å². The minimum atomic E-state index is -1.25. The van der Waals surface area contributed by atoms with Crippen LogP contribution in [-0.4, -0.2) is 77.3 Å². The predicted molar refractivity (Wildman–Crippen MR) is 193 cm³/mol. The Morgan fingerprint density at radius 2 is 1.71 bits per heavy atom. The molecule has 2 bridgehead atoms. The lowest BCUT2D eigenvalue weighted by Gasteiger charge is -2.41. The highest BCUT2D eigenvalue weighted by Gasteiger charge is 2.79. The van der Waals surface area contributed by atoms with Crippen molar-refractivity contribution >= 4 is 29.1 Å². The molecule has 3 aliphatic heterocycles. The normalized spacial score (nSPS) is 26.6. The van der Waals surface area contributed by atoms with Crippen LogP contribution in [0, 0.1) is 31.6 Å². The summed E-state index contributed by atoms with van der Waals surface area (Å²) < 4.78 is 12.8. The fraction of sp³-hybridized carbons (Fsp3) is 0.525. The Bertz CT molecular complexity index is 1570. The summed E-state index contributed by atoms with van der Waals surface area (Å²) in [6, 6.07) is 11.6. The maximum Gasteiger partial charge on any atom is 0.253 e. The molecular weight excluding hydrogens is 618 g/mol. The number of benzene rings is 2. The van der Waals surface area contributed by atoms with Crippen LogP contribution in [0.4, 0.5) is 11.4 Å². The Kier molecular flexibility index (Phi) is 10.7. The van der Waals surface area contributed by atoms with E-state index < -0.39 is 35.1 Å². The summed E-state index contributed by atoms with van der Waals surface area (Å²) in [6.45, 7) is 20.4. The molecule has 9 nitrogen and oxygen atoms in total.